The smallest absolute Gasteiger partial charge is 0.258 e. The number of nitro benzene ring substituents is 1. The SMILES string of the molecule is CCc1ccc(C2=NN(c3ccccc3)[C@H](c3ccc([N+](=O)[O-])cc3)C2)cc1. The fraction of sp³-hybridized carbons (Fsp3) is 0.174. The number of nitro groups is 1. The lowest BCUT2D eigenvalue weighted by molar-refractivity contribution is -0.384. The van der Waals surface area contributed by atoms with Crippen molar-refractivity contribution in [3.05, 3.63) is 106 Å². The molecule has 0 amide bonds. The molecule has 28 heavy (non-hydrogen) atoms. The molecule has 3 aromatic carbocycles. The van der Waals surface area contributed by atoms with Crippen LogP contribution in [-0.2, 0) is 6.42 Å². The molecule has 3 aromatic rings. The van der Waals surface area contributed by atoms with Gasteiger partial charge in [-0.3, -0.25) is 15.1 Å². The van der Waals surface area contributed by atoms with Gasteiger partial charge in [0, 0.05) is 18.6 Å². The largest absolute Gasteiger partial charge is 0.269 e. The number of nitrogens with zero attached hydrogens (tertiary/aromatic N) is 3. The quantitative estimate of drug-likeness (QED) is 0.439. The molecule has 0 saturated heterocycles. The van der Waals surface area contributed by atoms with E-state index in [9.17, 15) is 10.1 Å². The number of para-hydroxylation sites is 1. The van der Waals surface area contributed by atoms with E-state index in [4.69, 9.17) is 5.10 Å². The Morgan fingerprint density at radius 3 is 2.29 bits per heavy atom. The summed E-state index contributed by atoms with van der Waals surface area (Å²) in [6.45, 7) is 2.14. The van der Waals surface area contributed by atoms with Gasteiger partial charge in [0.05, 0.1) is 22.4 Å². The Balaban J connectivity index is 1.70. The molecule has 0 fully saturated rings. The molecular weight excluding hydrogens is 350 g/mol. The van der Waals surface area contributed by atoms with Gasteiger partial charge in [0.1, 0.15) is 0 Å². The van der Waals surface area contributed by atoms with Crippen molar-refractivity contribution < 1.29 is 4.92 Å². The van der Waals surface area contributed by atoms with Crippen LogP contribution in [0.5, 0.6) is 0 Å². The van der Waals surface area contributed by atoms with Gasteiger partial charge in [-0.15, -0.1) is 0 Å². The van der Waals surface area contributed by atoms with Crippen molar-refractivity contribution in [2.45, 2.75) is 25.8 Å². The number of hydrazone groups is 1. The number of non-ortho nitro benzene ring substituents is 1. The van der Waals surface area contributed by atoms with Crippen LogP contribution in [0.1, 0.15) is 36.1 Å². The van der Waals surface area contributed by atoms with E-state index in [0.717, 1.165) is 35.4 Å². The van der Waals surface area contributed by atoms with Gasteiger partial charge in [0.25, 0.3) is 5.69 Å². The van der Waals surface area contributed by atoms with Crippen LogP contribution in [0.3, 0.4) is 0 Å². The van der Waals surface area contributed by atoms with E-state index in [1.54, 1.807) is 12.1 Å². The van der Waals surface area contributed by atoms with Crippen molar-refractivity contribution in [2.24, 2.45) is 5.10 Å². The number of hydrogen-bond donors (Lipinski definition) is 0. The minimum absolute atomic E-state index is 0.00376. The molecule has 140 valence electrons. The molecule has 5 heteroatoms. The number of aryl methyl sites for hydroxylation is 1. The number of anilines is 1. The average Bonchev–Trinajstić information content (AvgIpc) is 3.20. The van der Waals surface area contributed by atoms with Crippen LogP contribution in [0.15, 0.2) is 84.0 Å². The second-order valence-electron chi connectivity index (χ2n) is 6.85. The molecule has 0 aliphatic carbocycles. The Kier molecular flexibility index (Phi) is 4.89. The normalized spacial score (nSPS) is 16.1. The summed E-state index contributed by atoms with van der Waals surface area (Å²) in [7, 11) is 0. The highest BCUT2D eigenvalue weighted by molar-refractivity contribution is 6.03. The minimum Gasteiger partial charge on any atom is -0.258 e. The van der Waals surface area contributed by atoms with Gasteiger partial charge in [-0.2, -0.15) is 5.10 Å². The summed E-state index contributed by atoms with van der Waals surface area (Å²) >= 11 is 0. The third-order valence-corrected chi connectivity index (χ3v) is 5.12. The van der Waals surface area contributed by atoms with E-state index in [-0.39, 0.29) is 16.7 Å². The van der Waals surface area contributed by atoms with Crippen molar-refractivity contribution in [3.63, 3.8) is 0 Å². The first-order valence-corrected chi connectivity index (χ1v) is 9.41. The topological polar surface area (TPSA) is 58.7 Å². The summed E-state index contributed by atoms with van der Waals surface area (Å²) in [4.78, 5) is 10.6. The Labute approximate surface area is 164 Å². The molecule has 4 rings (SSSR count). The summed E-state index contributed by atoms with van der Waals surface area (Å²) in [5.41, 5.74) is 5.56. The Morgan fingerprint density at radius 2 is 1.68 bits per heavy atom. The second-order valence-corrected chi connectivity index (χ2v) is 6.85. The molecule has 0 aromatic heterocycles. The van der Waals surface area contributed by atoms with E-state index >= 15 is 0 Å². The molecule has 0 radical (unpaired) electrons. The summed E-state index contributed by atoms with van der Waals surface area (Å²) in [5.74, 6) is 0. The van der Waals surface area contributed by atoms with Crippen LogP contribution in [0.25, 0.3) is 0 Å². The first-order valence-electron chi connectivity index (χ1n) is 9.41. The van der Waals surface area contributed by atoms with Crippen molar-refractivity contribution in [3.8, 4) is 0 Å². The van der Waals surface area contributed by atoms with E-state index in [2.05, 4.69) is 31.2 Å². The number of benzene rings is 3. The van der Waals surface area contributed by atoms with Gasteiger partial charge in [-0.25, -0.2) is 0 Å². The van der Waals surface area contributed by atoms with Gasteiger partial charge in [0.2, 0.25) is 0 Å². The fourth-order valence-electron chi connectivity index (χ4n) is 3.51. The molecule has 0 saturated carbocycles. The maximum absolute atomic E-state index is 11.0. The monoisotopic (exact) mass is 371 g/mol. The van der Waals surface area contributed by atoms with Gasteiger partial charge < -0.3 is 0 Å². The highest BCUT2D eigenvalue weighted by Gasteiger charge is 2.30. The third-order valence-electron chi connectivity index (χ3n) is 5.12. The second kappa shape index (κ2) is 7.64. The standard InChI is InChI=1S/C23H21N3O2/c1-2-17-8-10-18(11-9-17)22-16-23(19-12-14-21(15-13-19)26(27)28)25(24-22)20-6-4-3-5-7-20/h3-15,23H,2,16H2,1H3/t23-/m0/s1. The molecule has 5 nitrogen and oxygen atoms in total. The third kappa shape index (κ3) is 3.51. The Morgan fingerprint density at radius 1 is 1.00 bits per heavy atom. The van der Waals surface area contributed by atoms with Crippen LogP contribution in [0.2, 0.25) is 0 Å². The highest BCUT2D eigenvalue weighted by atomic mass is 16.6. The average molecular weight is 371 g/mol. The van der Waals surface area contributed by atoms with Crippen LogP contribution >= 0.6 is 0 Å². The Bertz CT molecular complexity index is 996. The molecule has 1 atom stereocenters. The Hall–Kier alpha value is -3.47. The van der Waals surface area contributed by atoms with Gasteiger partial charge in [0.15, 0.2) is 0 Å². The highest BCUT2D eigenvalue weighted by Crippen LogP contribution is 2.37. The maximum atomic E-state index is 11.0. The van der Waals surface area contributed by atoms with Gasteiger partial charge >= 0.3 is 0 Å². The predicted octanol–water partition coefficient (Wildman–Crippen LogP) is 5.51. The van der Waals surface area contributed by atoms with Gasteiger partial charge in [-0.1, -0.05) is 61.5 Å². The van der Waals surface area contributed by atoms with Crippen molar-refractivity contribution in [1.82, 2.24) is 0 Å². The zero-order chi connectivity index (χ0) is 19.5. The number of rotatable bonds is 5. The van der Waals surface area contributed by atoms with E-state index < -0.39 is 0 Å². The summed E-state index contributed by atoms with van der Waals surface area (Å²) in [5, 5.41) is 17.9. The zero-order valence-corrected chi connectivity index (χ0v) is 15.7. The lowest BCUT2D eigenvalue weighted by Crippen LogP contribution is -2.18. The van der Waals surface area contributed by atoms with Crippen molar-refractivity contribution >= 4 is 17.1 Å². The summed E-state index contributed by atoms with van der Waals surface area (Å²) in [6.07, 6.45) is 1.76. The molecule has 0 spiro atoms. The molecule has 1 heterocycles. The summed E-state index contributed by atoms with van der Waals surface area (Å²) in [6, 6.07) is 25.4. The van der Waals surface area contributed by atoms with E-state index in [1.165, 1.54) is 5.56 Å². The fourth-order valence-corrected chi connectivity index (χ4v) is 3.51. The molecule has 1 aliphatic rings. The molecule has 1 aliphatic heterocycles. The molecule has 0 unspecified atom stereocenters. The van der Waals surface area contributed by atoms with E-state index in [1.807, 2.05) is 47.5 Å². The number of hydrogen-bond acceptors (Lipinski definition) is 4. The predicted molar refractivity (Wildman–Crippen MR) is 112 cm³/mol. The first-order chi connectivity index (χ1) is 13.7. The molecule has 0 bridgehead atoms. The summed E-state index contributed by atoms with van der Waals surface area (Å²) < 4.78 is 0. The van der Waals surface area contributed by atoms with Crippen LogP contribution in [0, 0.1) is 10.1 Å². The van der Waals surface area contributed by atoms with Crippen LogP contribution in [-0.4, -0.2) is 10.6 Å². The minimum atomic E-state index is -0.370. The lowest BCUT2D eigenvalue weighted by atomic mass is 9.97. The van der Waals surface area contributed by atoms with Crippen LogP contribution < -0.4 is 5.01 Å². The molecular formula is C23H21N3O2. The van der Waals surface area contributed by atoms with Gasteiger partial charge in [-0.05, 0) is 35.2 Å². The van der Waals surface area contributed by atoms with Crippen LogP contribution in [0.4, 0.5) is 11.4 Å². The lowest BCUT2D eigenvalue weighted by Gasteiger charge is -2.23. The zero-order valence-electron chi connectivity index (χ0n) is 15.7. The van der Waals surface area contributed by atoms with Crippen molar-refractivity contribution in [2.75, 3.05) is 5.01 Å². The maximum Gasteiger partial charge on any atom is 0.269 e. The first kappa shape index (κ1) is 17.9. The van der Waals surface area contributed by atoms with Crippen molar-refractivity contribution in [1.29, 1.82) is 0 Å². The van der Waals surface area contributed by atoms with E-state index in [0.29, 0.717) is 0 Å². The molecule has 0 N–H and O–H groups in total.